The van der Waals surface area contributed by atoms with Gasteiger partial charge in [-0.1, -0.05) is 0 Å². The Morgan fingerprint density at radius 2 is 2.22 bits per heavy atom. The van der Waals surface area contributed by atoms with Gasteiger partial charge in [0.2, 0.25) is 5.91 Å². The molecular formula is C12H21NO4S. The Morgan fingerprint density at radius 3 is 2.72 bits per heavy atom. The molecule has 3 atom stereocenters. The van der Waals surface area contributed by atoms with Crippen molar-refractivity contribution in [3.63, 3.8) is 0 Å². The molecule has 1 aliphatic heterocycles. The molecule has 104 valence electrons. The molecule has 1 amide bonds. The summed E-state index contributed by atoms with van der Waals surface area (Å²) in [7, 11) is 1.32. The standard InChI is InChI=1S/C12H21NO4S/c1-8-4-5-10(17-8)6-18-7-11(12(15)16-3)13-9(2)14/h8,10-11H,4-7H2,1-3H3,(H,13,14)/t8-,10-,11+/m1/s1. The van der Waals surface area contributed by atoms with Crippen molar-refractivity contribution in [3.8, 4) is 0 Å². The van der Waals surface area contributed by atoms with E-state index in [0.717, 1.165) is 18.6 Å². The van der Waals surface area contributed by atoms with E-state index in [-0.39, 0.29) is 12.0 Å². The van der Waals surface area contributed by atoms with Crippen molar-refractivity contribution in [2.45, 2.75) is 44.9 Å². The van der Waals surface area contributed by atoms with Gasteiger partial charge in [0.15, 0.2) is 0 Å². The number of esters is 1. The molecule has 0 unspecified atom stereocenters. The van der Waals surface area contributed by atoms with Crippen LogP contribution in [0.25, 0.3) is 0 Å². The second-order valence-electron chi connectivity index (χ2n) is 4.46. The highest BCUT2D eigenvalue weighted by molar-refractivity contribution is 7.99. The van der Waals surface area contributed by atoms with E-state index in [2.05, 4.69) is 17.0 Å². The first-order valence-corrected chi connectivity index (χ1v) is 7.26. The SMILES string of the molecule is COC(=O)[C@H](CSC[C@H]1CC[C@@H](C)O1)NC(C)=O. The predicted octanol–water partition coefficient (Wildman–Crippen LogP) is 0.965. The normalized spacial score (nSPS) is 24.6. The zero-order chi connectivity index (χ0) is 13.5. The summed E-state index contributed by atoms with van der Waals surface area (Å²) in [6, 6.07) is -0.573. The van der Waals surface area contributed by atoms with Crippen molar-refractivity contribution in [2.75, 3.05) is 18.6 Å². The quantitative estimate of drug-likeness (QED) is 0.732. The van der Waals surface area contributed by atoms with E-state index in [1.807, 2.05) is 0 Å². The van der Waals surface area contributed by atoms with E-state index >= 15 is 0 Å². The number of thioether (sulfide) groups is 1. The van der Waals surface area contributed by atoms with Crippen molar-refractivity contribution >= 4 is 23.6 Å². The van der Waals surface area contributed by atoms with Gasteiger partial charge in [0.1, 0.15) is 6.04 Å². The lowest BCUT2D eigenvalue weighted by Crippen LogP contribution is -2.42. The number of hydrogen-bond donors (Lipinski definition) is 1. The van der Waals surface area contributed by atoms with Crippen LogP contribution in [0.15, 0.2) is 0 Å². The summed E-state index contributed by atoms with van der Waals surface area (Å²) in [4.78, 5) is 22.4. The van der Waals surface area contributed by atoms with Gasteiger partial charge in [-0.05, 0) is 19.8 Å². The fourth-order valence-corrected chi connectivity index (χ4v) is 2.98. The average Bonchev–Trinajstić information content (AvgIpc) is 2.72. The zero-order valence-corrected chi connectivity index (χ0v) is 11.9. The average molecular weight is 275 g/mol. The molecule has 1 saturated heterocycles. The molecule has 0 bridgehead atoms. The summed E-state index contributed by atoms with van der Waals surface area (Å²) in [5, 5.41) is 2.59. The van der Waals surface area contributed by atoms with Crippen LogP contribution in [0.2, 0.25) is 0 Å². The first kappa shape index (κ1) is 15.3. The fraction of sp³-hybridized carbons (Fsp3) is 0.833. The maximum absolute atomic E-state index is 11.4. The van der Waals surface area contributed by atoms with Gasteiger partial charge in [0.25, 0.3) is 0 Å². The van der Waals surface area contributed by atoms with Crippen molar-refractivity contribution in [3.05, 3.63) is 0 Å². The van der Waals surface area contributed by atoms with Crippen LogP contribution in [0.5, 0.6) is 0 Å². The first-order valence-electron chi connectivity index (χ1n) is 6.11. The second kappa shape index (κ2) is 7.63. The van der Waals surface area contributed by atoms with E-state index in [4.69, 9.17) is 4.74 Å². The van der Waals surface area contributed by atoms with E-state index < -0.39 is 12.0 Å². The van der Waals surface area contributed by atoms with E-state index in [0.29, 0.717) is 11.9 Å². The van der Waals surface area contributed by atoms with Gasteiger partial charge in [-0.15, -0.1) is 0 Å². The van der Waals surface area contributed by atoms with Crippen molar-refractivity contribution < 1.29 is 19.1 Å². The minimum atomic E-state index is -0.573. The van der Waals surface area contributed by atoms with Crippen LogP contribution in [0.4, 0.5) is 0 Å². The van der Waals surface area contributed by atoms with Crippen molar-refractivity contribution in [2.24, 2.45) is 0 Å². The lowest BCUT2D eigenvalue weighted by Gasteiger charge is -2.16. The van der Waals surface area contributed by atoms with Gasteiger partial charge in [0, 0.05) is 18.4 Å². The smallest absolute Gasteiger partial charge is 0.329 e. The molecule has 0 aliphatic carbocycles. The first-order chi connectivity index (χ1) is 8.52. The van der Waals surface area contributed by atoms with E-state index in [9.17, 15) is 9.59 Å². The number of rotatable bonds is 6. The third-order valence-electron chi connectivity index (χ3n) is 2.77. The van der Waals surface area contributed by atoms with Crippen LogP contribution in [-0.4, -0.2) is 48.7 Å². The summed E-state index contributed by atoms with van der Waals surface area (Å²) in [5.74, 6) is 0.730. The fourth-order valence-electron chi connectivity index (χ4n) is 1.88. The topological polar surface area (TPSA) is 64.6 Å². The molecule has 1 fully saturated rings. The number of amides is 1. The largest absolute Gasteiger partial charge is 0.467 e. The lowest BCUT2D eigenvalue weighted by atomic mass is 10.2. The highest BCUT2D eigenvalue weighted by Gasteiger charge is 2.24. The number of ether oxygens (including phenoxy) is 2. The minimum Gasteiger partial charge on any atom is -0.467 e. The summed E-state index contributed by atoms with van der Waals surface area (Å²) in [6.45, 7) is 3.46. The third kappa shape index (κ3) is 5.27. The minimum absolute atomic E-state index is 0.225. The van der Waals surface area contributed by atoms with Crippen LogP contribution in [0.1, 0.15) is 26.7 Å². The Labute approximate surface area is 112 Å². The number of hydrogen-bond acceptors (Lipinski definition) is 5. The molecule has 5 nitrogen and oxygen atoms in total. The monoisotopic (exact) mass is 275 g/mol. The number of carbonyl (C=O) groups is 2. The zero-order valence-electron chi connectivity index (χ0n) is 11.1. The van der Waals surface area contributed by atoms with Crippen LogP contribution in [0, 0.1) is 0 Å². The molecule has 1 N–H and O–H groups in total. The van der Waals surface area contributed by atoms with Gasteiger partial charge in [-0.25, -0.2) is 4.79 Å². The number of carbonyl (C=O) groups excluding carboxylic acids is 2. The molecule has 0 radical (unpaired) electrons. The number of methoxy groups -OCH3 is 1. The number of nitrogens with one attached hydrogen (secondary N) is 1. The summed E-state index contributed by atoms with van der Waals surface area (Å²) >= 11 is 1.61. The molecule has 0 saturated carbocycles. The Kier molecular flexibility index (Phi) is 6.49. The van der Waals surface area contributed by atoms with Gasteiger partial charge >= 0.3 is 5.97 Å². The van der Waals surface area contributed by atoms with Crippen LogP contribution in [-0.2, 0) is 19.1 Å². The molecule has 6 heteroatoms. The molecule has 1 heterocycles. The maximum atomic E-state index is 11.4. The molecule has 1 rings (SSSR count). The Hall–Kier alpha value is -0.750. The highest BCUT2D eigenvalue weighted by Crippen LogP contribution is 2.22. The molecule has 0 spiro atoms. The van der Waals surface area contributed by atoms with Gasteiger partial charge < -0.3 is 14.8 Å². The van der Waals surface area contributed by atoms with E-state index in [1.165, 1.54) is 14.0 Å². The molecule has 0 aromatic heterocycles. The summed E-state index contributed by atoms with van der Waals surface area (Å²) in [6.07, 6.45) is 2.76. The molecule has 0 aromatic rings. The van der Waals surface area contributed by atoms with Gasteiger partial charge in [-0.2, -0.15) is 11.8 Å². The van der Waals surface area contributed by atoms with E-state index in [1.54, 1.807) is 11.8 Å². The second-order valence-corrected chi connectivity index (χ2v) is 5.53. The van der Waals surface area contributed by atoms with Crippen LogP contribution >= 0.6 is 11.8 Å². The van der Waals surface area contributed by atoms with Gasteiger partial charge in [-0.3, -0.25) is 4.79 Å². The molecular weight excluding hydrogens is 254 g/mol. The lowest BCUT2D eigenvalue weighted by molar-refractivity contribution is -0.144. The van der Waals surface area contributed by atoms with Crippen LogP contribution < -0.4 is 5.32 Å². The van der Waals surface area contributed by atoms with Crippen molar-refractivity contribution in [1.29, 1.82) is 0 Å². The van der Waals surface area contributed by atoms with Crippen molar-refractivity contribution in [1.82, 2.24) is 5.32 Å². The Balaban J connectivity index is 2.28. The maximum Gasteiger partial charge on any atom is 0.329 e. The highest BCUT2D eigenvalue weighted by atomic mass is 32.2. The van der Waals surface area contributed by atoms with Gasteiger partial charge in [0.05, 0.1) is 19.3 Å². The van der Waals surface area contributed by atoms with Crippen LogP contribution in [0.3, 0.4) is 0 Å². The molecule has 18 heavy (non-hydrogen) atoms. The molecule has 0 aromatic carbocycles. The predicted molar refractivity (Wildman–Crippen MR) is 70.5 cm³/mol. The Bertz CT molecular complexity index is 298. The third-order valence-corrected chi connectivity index (χ3v) is 3.95. The Morgan fingerprint density at radius 1 is 1.50 bits per heavy atom. The molecule has 1 aliphatic rings. The summed E-state index contributed by atoms with van der Waals surface area (Å²) < 4.78 is 10.3. The summed E-state index contributed by atoms with van der Waals surface area (Å²) in [5.41, 5.74) is 0.